The standard InChI is InChI=1S/2C13H9.2C8H8.2C6H7.2FH.2Zr/c2*1-3-7-12-10(5-1)9-11-6-2-4-8-13(11)12;2*1-2-8-6-4-3-5-7-8;2*1-6-4-2-3-5-6;;;;/h2*1-9H;2*3-7H,1H3;2*4-5H,2H2,1H3;2*1H;;/q2*-1;;;2*-1;;;2*+2/p-2. The molecule has 0 nitrogen and oxygen atoms in total. The Bertz CT molecular complexity index is 2310. The molecule has 0 saturated heterocycles. The van der Waals surface area contributed by atoms with E-state index >= 15 is 0 Å². The van der Waals surface area contributed by atoms with Crippen molar-refractivity contribution in [1.82, 2.24) is 0 Å². The third-order valence-corrected chi connectivity index (χ3v) is 10.6. The Kier molecular flexibility index (Phi) is 21.2. The zero-order valence-electron chi connectivity index (χ0n) is 33.6. The van der Waals surface area contributed by atoms with Gasteiger partial charge >= 0.3 is 141 Å². The summed E-state index contributed by atoms with van der Waals surface area (Å²) in [6.45, 7) is 8.49. The van der Waals surface area contributed by atoms with Gasteiger partial charge in [0, 0.05) is 0 Å². The van der Waals surface area contributed by atoms with Crippen LogP contribution in [0.1, 0.15) is 51.7 Å². The van der Waals surface area contributed by atoms with Gasteiger partial charge in [0.1, 0.15) is 0 Å². The molecule has 0 heterocycles. The molecule has 0 radical (unpaired) electrons. The molecule has 8 aromatic carbocycles. The van der Waals surface area contributed by atoms with Gasteiger partial charge in [-0.05, 0) is 0 Å². The van der Waals surface area contributed by atoms with E-state index in [1.807, 2.05) is 24.3 Å². The van der Waals surface area contributed by atoms with Gasteiger partial charge < -0.3 is 9.41 Å². The Morgan fingerprint density at radius 3 is 0.862 bits per heavy atom. The molecule has 4 heteroatoms. The molecule has 2 aliphatic rings. The molecular weight excluding hydrogens is 869 g/mol. The molecule has 0 saturated carbocycles. The largest absolute Gasteiger partial charge is 1.00 e. The summed E-state index contributed by atoms with van der Waals surface area (Å²) < 4.78 is 2.92. The first-order valence-electron chi connectivity index (χ1n) is 19.0. The number of allylic oxidation sites excluding steroid dienone is 8. The van der Waals surface area contributed by atoms with Crippen LogP contribution in [0.3, 0.4) is 0 Å². The van der Waals surface area contributed by atoms with E-state index in [0.29, 0.717) is 0 Å². The van der Waals surface area contributed by atoms with Crippen molar-refractivity contribution in [2.75, 3.05) is 0 Å². The van der Waals surface area contributed by atoms with Crippen molar-refractivity contribution in [3.05, 3.63) is 229 Å². The van der Waals surface area contributed by atoms with Crippen molar-refractivity contribution in [3.63, 3.8) is 0 Å². The molecule has 8 aromatic rings. The summed E-state index contributed by atoms with van der Waals surface area (Å²) in [7, 11) is 0. The SMILES string of the molecule is CC1=CC[C-]=C1.CC1=CC[C-]=C1.C[C](=[Zr+2])c1ccccc1.C[C](=[Zr+2])c1ccccc1.[F-].[F-].c1ccc2c(c1)[cH-]c1ccccc12.c1ccc2c(c1)[cH-]c1ccccc12. The van der Waals surface area contributed by atoms with Crippen LogP contribution >= 0.6 is 0 Å². The molecule has 0 bridgehead atoms. The molecular formula is C54H48F2Zr2-2. The molecule has 0 fully saturated rings. The molecule has 10 rings (SSSR count). The molecule has 0 atom stereocenters. The van der Waals surface area contributed by atoms with Crippen LogP contribution in [0.2, 0.25) is 0 Å². The summed E-state index contributed by atoms with van der Waals surface area (Å²) in [5, 5.41) is 10.8. The average Bonchev–Trinajstić information content (AvgIpc) is 4.07. The van der Waals surface area contributed by atoms with E-state index in [2.05, 4.69) is 210 Å². The number of rotatable bonds is 2. The van der Waals surface area contributed by atoms with Crippen LogP contribution in [-0.4, -0.2) is 6.41 Å². The first-order valence-corrected chi connectivity index (χ1v) is 21.5. The maximum absolute atomic E-state index is 3.05. The van der Waals surface area contributed by atoms with E-state index in [0.717, 1.165) is 12.8 Å². The fourth-order valence-electron chi connectivity index (χ4n) is 6.18. The fourth-order valence-corrected chi connectivity index (χ4v) is 7.00. The molecule has 0 unspecified atom stereocenters. The summed E-state index contributed by atoms with van der Waals surface area (Å²) >= 11 is 3.01. The third-order valence-electron chi connectivity index (χ3n) is 9.20. The summed E-state index contributed by atoms with van der Waals surface area (Å²) in [6.07, 6.45) is 16.5. The minimum absolute atomic E-state index is 0. The summed E-state index contributed by atoms with van der Waals surface area (Å²) in [4.78, 5) is 0. The smallest absolute Gasteiger partial charge is 0.0771 e. The van der Waals surface area contributed by atoms with Crippen molar-refractivity contribution in [3.8, 4) is 0 Å². The monoisotopic (exact) mass is 914 g/mol. The van der Waals surface area contributed by atoms with Crippen LogP contribution in [0.4, 0.5) is 0 Å². The van der Waals surface area contributed by atoms with Gasteiger partial charge in [-0.3, -0.25) is 12.2 Å². The number of halogens is 2. The fraction of sp³-hybridized carbons (Fsp3) is 0.111. The number of hydrogen-bond donors (Lipinski definition) is 0. The van der Waals surface area contributed by atoms with E-state index in [-0.39, 0.29) is 9.41 Å². The van der Waals surface area contributed by atoms with Crippen LogP contribution in [0.15, 0.2) is 205 Å². The van der Waals surface area contributed by atoms with Gasteiger partial charge in [0.2, 0.25) is 0 Å². The van der Waals surface area contributed by atoms with E-state index in [9.17, 15) is 0 Å². The normalized spacial score (nSPS) is 11.7. The minimum atomic E-state index is 0. The van der Waals surface area contributed by atoms with Crippen molar-refractivity contribution in [2.45, 2.75) is 40.5 Å². The first-order chi connectivity index (χ1) is 27.3. The average molecular weight is 917 g/mol. The van der Waals surface area contributed by atoms with Crippen molar-refractivity contribution >= 4 is 49.5 Å². The zero-order valence-corrected chi connectivity index (χ0v) is 38.6. The van der Waals surface area contributed by atoms with Crippen LogP contribution in [0.25, 0.3) is 43.1 Å². The zero-order chi connectivity index (χ0) is 39.5. The predicted octanol–water partition coefficient (Wildman–Crippen LogP) is 8.37. The van der Waals surface area contributed by atoms with Crippen LogP contribution in [0, 0.1) is 12.2 Å². The Labute approximate surface area is 373 Å². The minimum Gasteiger partial charge on any atom is -1.00 e. The third kappa shape index (κ3) is 15.0. The predicted molar refractivity (Wildman–Crippen MR) is 239 cm³/mol. The van der Waals surface area contributed by atoms with Gasteiger partial charge in [-0.2, -0.15) is 12.2 Å². The summed E-state index contributed by atoms with van der Waals surface area (Å²) in [5.74, 6) is 0. The first kappa shape index (κ1) is 47.8. The van der Waals surface area contributed by atoms with Gasteiger partial charge in [0.05, 0.1) is 0 Å². The quantitative estimate of drug-likeness (QED) is 0.153. The Hall–Kier alpha value is -4.61. The van der Waals surface area contributed by atoms with Gasteiger partial charge in [0.15, 0.2) is 0 Å². The van der Waals surface area contributed by atoms with Gasteiger partial charge in [-0.25, -0.2) is 23.3 Å². The maximum Gasteiger partial charge on any atom is -0.0771 e. The molecule has 2 aliphatic carbocycles. The van der Waals surface area contributed by atoms with Crippen LogP contribution in [-0.2, 0) is 48.5 Å². The molecule has 0 spiro atoms. The Morgan fingerprint density at radius 2 is 0.672 bits per heavy atom. The van der Waals surface area contributed by atoms with Gasteiger partial charge in [-0.15, -0.1) is 106 Å². The molecule has 0 N–H and O–H groups in total. The van der Waals surface area contributed by atoms with E-state index in [1.165, 1.54) is 120 Å². The molecule has 0 aromatic heterocycles. The molecule has 288 valence electrons. The van der Waals surface area contributed by atoms with Gasteiger partial charge in [0.25, 0.3) is 0 Å². The number of hydrogen-bond acceptors (Lipinski definition) is 0. The second-order valence-electron chi connectivity index (χ2n) is 13.6. The summed E-state index contributed by atoms with van der Waals surface area (Å²) in [5.41, 5.74) is 5.43. The van der Waals surface area contributed by atoms with Crippen molar-refractivity contribution < 1.29 is 57.9 Å². The number of benzene rings is 6. The van der Waals surface area contributed by atoms with E-state index < -0.39 is 0 Å². The topological polar surface area (TPSA) is 0 Å². The molecule has 58 heavy (non-hydrogen) atoms. The second-order valence-corrected chi connectivity index (χ2v) is 17.3. The second kappa shape index (κ2) is 25.7. The van der Waals surface area contributed by atoms with Crippen molar-refractivity contribution in [2.24, 2.45) is 0 Å². The van der Waals surface area contributed by atoms with E-state index in [4.69, 9.17) is 0 Å². The number of fused-ring (bicyclic) bond motifs is 6. The molecule has 0 amide bonds. The van der Waals surface area contributed by atoms with Gasteiger partial charge in [-0.1, -0.05) is 72.8 Å². The summed E-state index contributed by atoms with van der Waals surface area (Å²) in [6, 6.07) is 59.5. The van der Waals surface area contributed by atoms with Crippen LogP contribution < -0.4 is 9.41 Å². The molecule has 0 aliphatic heterocycles. The van der Waals surface area contributed by atoms with Crippen molar-refractivity contribution in [1.29, 1.82) is 0 Å². The maximum atomic E-state index is 3.05. The Morgan fingerprint density at radius 1 is 0.414 bits per heavy atom. The van der Waals surface area contributed by atoms with E-state index in [1.54, 1.807) is 0 Å². The Balaban J connectivity index is 0.000000190. The van der Waals surface area contributed by atoms with Crippen LogP contribution in [0.5, 0.6) is 0 Å².